The molecule has 1 aliphatic heterocycles. The van der Waals surface area contributed by atoms with Crippen LogP contribution in [0.4, 0.5) is 0 Å². The Balaban J connectivity index is 1.69. The number of benzene rings is 2. The average Bonchev–Trinajstić information content (AvgIpc) is 3.48. The number of aryl methyl sites for hydroxylation is 1. The van der Waals surface area contributed by atoms with E-state index in [2.05, 4.69) is 33.7 Å². The van der Waals surface area contributed by atoms with E-state index in [1.807, 2.05) is 25.1 Å². The van der Waals surface area contributed by atoms with Crippen LogP contribution in [0, 0.1) is 10.9 Å². The van der Waals surface area contributed by atoms with Crippen LogP contribution >= 0.6 is 78.8 Å². The van der Waals surface area contributed by atoms with Gasteiger partial charge in [-0.3, -0.25) is 14.5 Å². The van der Waals surface area contributed by atoms with Gasteiger partial charge in [-0.05, 0) is 54.9 Å². The second-order valence-corrected chi connectivity index (χ2v) is 16.3. The van der Waals surface area contributed by atoms with Crippen molar-refractivity contribution in [3.05, 3.63) is 68.7 Å². The van der Waals surface area contributed by atoms with Gasteiger partial charge in [0, 0.05) is 22.4 Å². The fourth-order valence-electron chi connectivity index (χ4n) is 3.64. The third-order valence-corrected chi connectivity index (χ3v) is 12.6. The minimum Gasteiger partial charge on any atom is -0.320 e. The number of thioether (sulfide) groups is 3. The second-order valence-electron chi connectivity index (χ2n) is 7.64. The first-order valence-electron chi connectivity index (χ1n) is 10.9. The molecule has 0 amide bonds. The van der Waals surface area contributed by atoms with Crippen molar-refractivity contribution in [2.24, 2.45) is 0 Å². The Kier molecular flexibility index (Phi) is 10.2. The van der Waals surface area contributed by atoms with Gasteiger partial charge in [0.2, 0.25) is 0 Å². The van der Waals surface area contributed by atoms with E-state index in [9.17, 15) is 9.36 Å². The molecule has 1 aliphatic rings. The molecule has 3 unspecified atom stereocenters. The summed E-state index contributed by atoms with van der Waals surface area (Å²) < 4.78 is 21.4. The number of thiol groups is 1. The number of nitrogens with zero attached hydrogens (tertiary/aromatic N) is 1. The van der Waals surface area contributed by atoms with E-state index in [1.54, 1.807) is 54.7 Å². The zero-order valence-electron chi connectivity index (χ0n) is 19.4. The van der Waals surface area contributed by atoms with Crippen molar-refractivity contribution in [1.82, 2.24) is 21.0 Å². The number of hydrogen-bond donors (Lipinski definition) is 4. The lowest BCUT2D eigenvalue weighted by Gasteiger charge is -2.21. The van der Waals surface area contributed by atoms with Crippen molar-refractivity contribution >= 4 is 89.7 Å². The smallest absolute Gasteiger partial charge is 0.300 e. The molecule has 3 N–H and O–H groups in total. The summed E-state index contributed by atoms with van der Waals surface area (Å²) in [5, 5.41) is 7.42. The van der Waals surface area contributed by atoms with Crippen molar-refractivity contribution in [1.29, 1.82) is 0 Å². The zero-order chi connectivity index (χ0) is 25.7. The van der Waals surface area contributed by atoms with Crippen molar-refractivity contribution in [3.63, 3.8) is 0 Å². The van der Waals surface area contributed by atoms with Crippen molar-refractivity contribution in [3.8, 4) is 0 Å². The van der Waals surface area contributed by atoms with Crippen LogP contribution in [-0.2, 0) is 20.6 Å². The number of rotatable bonds is 11. The Labute approximate surface area is 237 Å². The first-order chi connectivity index (χ1) is 17.3. The Morgan fingerprint density at radius 2 is 2.03 bits per heavy atom. The topological polar surface area (TPSA) is 96.1 Å². The van der Waals surface area contributed by atoms with Crippen molar-refractivity contribution < 1.29 is 13.9 Å². The summed E-state index contributed by atoms with van der Waals surface area (Å²) in [5.41, 5.74) is 8.91. The highest BCUT2D eigenvalue weighted by molar-refractivity contribution is 8.21. The quantitative estimate of drug-likeness (QED) is 0.0869. The van der Waals surface area contributed by atoms with Crippen LogP contribution in [0.1, 0.15) is 34.0 Å². The van der Waals surface area contributed by atoms with E-state index >= 15 is 0 Å². The van der Waals surface area contributed by atoms with Gasteiger partial charge in [-0.25, -0.2) is 10.9 Å². The van der Waals surface area contributed by atoms with Gasteiger partial charge in [0.1, 0.15) is 9.41 Å². The van der Waals surface area contributed by atoms with E-state index in [1.165, 1.54) is 23.1 Å². The van der Waals surface area contributed by atoms with Gasteiger partial charge in [0.25, 0.3) is 5.52 Å². The van der Waals surface area contributed by atoms with Gasteiger partial charge in [-0.15, -0.1) is 24.4 Å². The SMILES string of the molecule is CCOP(=O)(C(=O)c1c(C)cc(CSC2NNC(S)S2)cc1CSc1n[nH]c(=S)s1)c1ccccc1. The van der Waals surface area contributed by atoms with Crippen LogP contribution in [0.15, 0.2) is 46.8 Å². The highest BCUT2D eigenvalue weighted by atomic mass is 32.2. The number of hydrazine groups is 1. The lowest BCUT2D eigenvalue weighted by molar-refractivity contribution is 0.105. The average molecular weight is 617 g/mol. The van der Waals surface area contributed by atoms with E-state index in [-0.39, 0.29) is 16.0 Å². The summed E-state index contributed by atoms with van der Waals surface area (Å²) in [6, 6.07) is 12.8. The number of hydrogen-bond acceptors (Lipinski definition) is 12. The van der Waals surface area contributed by atoms with Crippen molar-refractivity contribution in [2.75, 3.05) is 6.61 Å². The molecular formula is C22H25N4O3PS6. The lowest BCUT2D eigenvalue weighted by Crippen LogP contribution is -2.30. The van der Waals surface area contributed by atoms with Crippen LogP contribution in [0.5, 0.6) is 0 Å². The van der Waals surface area contributed by atoms with Crippen LogP contribution in [0.25, 0.3) is 0 Å². The van der Waals surface area contributed by atoms with E-state index < -0.39 is 12.9 Å². The third kappa shape index (κ3) is 6.88. The molecule has 36 heavy (non-hydrogen) atoms. The zero-order valence-corrected chi connectivity index (χ0v) is 25.3. The number of carbonyl (C=O) groups is 1. The summed E-state index contributed by atoms with van der Waals surface area (Å²) in [7, 11) is -3.80. The van der Waals surface area contributed by atoms with Crippen LogP contribution in [0.3, 0.4) is 0 Å². The van der Waals surface area contributed by atoms with Crippen LogP contribution in [0.2, 0.25) is 0 Å². The van der Waals surface area contributed by atoms with Gasteiger partial charge in [-0.2, -0.15) is 5.10 Å². The Morgan fingerprint density at radius 3 is 2.67 bits per heavy atom. The van der Waals surface area contributed by atoms with Gasteiger partial charge < -0.3 is 4.52 Å². The van der Waals surface area contributed by atoms with Gasteiger partial charge in [0.15, 0.2) is 8.29 Å². The summed E-state index contributed by atoms with van der Waals surface area (Å²) in [5.74, 6) is 1.22. The molecule has 3 aromatic rings. The minimum atomic E-state index is -3.80. The number of H-pyrrole nitrogens is 1. The van der Waals surface area contributed by atoms with Crippen LogP contribution < -0.4 is 16.2 Å². The Morgan fingerprint density at radius 1 is 1.25 bits per heavy atom. The number of aromatic nitrogens is 2. The molecule has 2 aromatic carbocycles. The summed E-state index contributed by atoms with van der Waals surface area (Å²) in [4.78, 5) is 14.0. The molecule has 0 saturated carbocycles. The molecule has 2 heterocycles. The summed E-state index contributed by atoms with van der Waals surface area (Å²) in [6.07, 6.45) is 0. The maximum atomic E-state index is 14.1. The molecule has 14 heteroatoms. The predicted molar refractivity (Wildman–Crippen MR) is 159 cm³/mol. The third-order valence-electron chi connectivity index (χ3n) is 5.11. The molecule has 3 atom stereocenters. The maximum Gasteiger partial charge on any atom is 0.300 e. The molecule has 1 aromatic heterocycles. The summed E-state index contributed by atoms with van der Waals surface area (Å²) >= 11 is 15.9. The molecule has 0 bridgehead atoms. The lowest BCUT2D eigenvalue weighted by atomic mass is 10.0. The highest BCUT2D eigenvalue weighted by Gasteiger charge is 2.38. The summed E-state index contributed by atoms with van der Waals surface area (Å²) in [6.45, 7) is 3.80. The van der Waals surface area contributed by atoms with Gasteiger partial charge in [0.05, 0.1) is 6.61 Å². The fourth-order valence-corrected chi connectivity index (χ4v) is 10.5. The molecular weight excluding hydrogens is 592 g/mol. The largest absolute Gasteiger partial charge is 0.320 e. The minimum absolute atomic E-state index is 0.0475. The van der Waals surface area contributed by atoms with Gasteiger partial charge >= 0.3 is 7.37 Å². The van der Waals surface area contributed by atoms with E-state index in [4.69, 9.17) is 16.7 Å². The van der Waals surface area contributed by atoms with Crippen molar-refractivity contribution in [2.45, 2.75) is 39.1 Å². The fraction of sp³-hybridized carbons (Fsp3) is 0.318. The monoisotopic (exact) mass is 616 g/mol. The molecule has 0 radical (unpaired) electrons. The first-order valence-corrected chi connectivity index (χ1v) is 17.3. The Bertz CT molecular complexity index is 1320. The first kappa shape index (κ1) is 28.4. The number of aromatic amines is 1. The highest BCUT2D eigenvalue weighted by Crippen LogP contribution is 2.50. The molecule has 1 saturated heterocycles. The van der Waals surface area contributed by atoms with E-state index in [0.29, 0.717) is 20.6 Å². The van der Waals surface area contributed by atoms with Crippen LogP contribution in [-0.4, -0.2) is 31.7 Å². The standard InChI is InChI=1S/C22H25N4O3PS6/c1-3-29-30(28,16-7-5-4-6-8-16)18(27)17-13(2)9-14(11-33-21-25-23-19(31)35-21)10-15(17)12-34-22-26-24-20(32)36-22/h4-10,19,21,23,25,31H,3,11-12H2,1-2H3,(H,24,32). The number of nitrogens with one attached hydrogen (secondary N) is 3. The molecule has 4 rings (SSSR count). The van der Waals surface area contributed by atoms with E-state index in [0.717, 1.165) is 26.8 Å². The second kappa shape index (κ2) is 13.0. The van der Waals surface area contributed by atoms with Gasteiger partial charge in [-0.1, -0.05) is 65.2 Å². The predicted octanol–water partition coefficient (Wildman–Crippen LogP) is 6.15. The normalized spacial score (nSPS) is 19.3. The molecule has 0 spiro atoms. The molecule has 1 fully saturated rings. The Hall–Kier alpha value is -0.600. The molecule has 0 aliphatic carbocycles. The maximum absolute atomic E-state index is 14.1. The number of carbonyl (C=O) groups excluding carboxylic acids is 1. The molecule has 192 valence electrons. The molecule has 7 nitrogen and oxygen atoms in total.